The van der Waals surface area contributed by atoms with E-state index in [9.17, 15) is 22.0 Å². The molecule has 0 bridgehead atoms. The zero-order valence-electron chi connectivity index (χ0n) is 31.4. The molecule has 1 aliphatic rings. The molecule has 0 aliphatic carbocycles. The van der Waals surface area contributed by atoms with E-state index in [1.54, 1.807) is 66.5 Å². The summed E-state index contributed by atoms with van der Waals surface area (Å²) in [5, 5.41) is 0.707. The zero-order valence-corrected chi connectivity index (χ0v) is 32.2. The average molecular weight is 775 g/mol. The number of para-hydroxylation sites is 1. The second-order valence-corrected chi connectivity index (χ2v) is 15.2. The van der Waals surface area contributed by atoms with Crippen LogP contribution in [0.25, 0.3) is 10.9 Å². The van der Waals surface area contributed by atoms with Crippen molar-refractivity contribution in [3.8, 4) is 23.0 Å². The maximum Gasteiger partial charge on any atom is 0.261 e. The number of hydrogen-bond donors (Lipinski definition) is 0. The minimum absolute atomic E-state index is 0.0316. The van der Waals surface area contributed by atoms with Gasteiger partial charge in [0.15, 0.2) is 0 Å². The van der Waals surface area contributed by atoms with Gasteiger partial charge in [-0.25, -0.2) is 22.2 Å². The van der Waals surface area contributed by atoms with Crippen molar-refractivity contribution in [2.75, 3.05) is 58.4 Å². The molecule has 1 aliphatic heterocycles. The fraction of sp³-hybridized carbons (Fsp3) is 0.317. The molecule has 290 valence electrons. The van der Waals surface area contributed by atoms with E-state index in [-0.39, 0.29) is 49.4 Å². The first-order valence-electron chi connectivity index (χ1n) is 17.7. The predicted octanol–water partition coefficient (Wildman–Crippen LogP) is 7.56. The van der Waals surface area contributed by atoms with E-state index in [1.807, 2.05) is 24.3 Å². The third kappa shape index (κ3) is 8.60. The molecule has 0 saturated carbocycles. The molecule has 4 aromatic carbocycles. The summed E-state index contributed by atoms with van der Waals surface area (Å²) >= 11 is 0. The van der Waals surface area contributed by atoms with Crippen molar-refractivity contribution >= 4 is 38.3 Å². The van der Waals surface area contributed by atoms with Crippen molar-refractivity contribution in [2.24, 2.45) is 0 Å². The van der Waals surface area contributed by atoms with E-state index in [0.717, 1.165) is 0 Å². The van der Waals surface area contributed by atoms with Crippen LogP contribution in [0.15, 0.2) is 95.9 Å². The Morgan fingerprint density at radius 1 is 0.782 bits per heavy atom. The van der Waals surface area contributed by atoms with Crippen LogP contribution in [-0.4, -0.2) is 78.1 Å². The fourth-order valence-corrected chi connectivity index (χ4v) is 8.09. The lowest BCUT2D eigenvalue weighted by atomic mass is 10.1. The van der Waals surface area contributed by atoms with Gasteiger partial charge < -0.3 is 28.7 Å². The Morgan fingerprint density at radius 2 is 1.42 bits per heavy atom. The molecule has 6 rings (SSSR count). The largest absolute Gasteiger partial charge is 0.497 e. The molecule has 1 amide bonds. The number of aromatic nitrogens is 1. The van der Waals surface area contributed by atoms with Crippen molar-refractivity contribution in [2.45, 2.75) is 43.2 Å². The van der Waals surface area contributed by atoms with Crippen molar-refractivity contribution < 1.29 is 40.9 Å². The van der Waals surface area contributed by atoms with Gasteiger partial charge in [-0.2, -0.15) is 4.31 Å². The number of carbonyl (C=O) groups is 1. The number of amides is 1. The van der Waals surface area contributed by atoms with Crippen molar-refractivity contribution in [1.82, 2.24) is 9.29 Å². The van der Waals surface area contributed by atoms with Gasteiger partial charge in [0.25, 0.3) is 5.91 Å². The lowest BCUT2D eigenvalue weighted by molar-refractivity contribution is -0.0102. The molecule has 0 atom stereocenters. The monoisotopic (exact) mass is 774 g/mol. The van der Waals surface area contributed by atoms with Gasteiger partial charge >= 0.3 is 0 Å². The third-order valence-corrected chi connectivity index (χ3v) is 11.6. The van der Waals surface area contributed by atoms with Gasteiger partial charge in [-0.3, -0.25) is 4.79 Å². The fourth-order valence-electron chi connectivity index (χ4n) is 6.65. The SMILES string of the molecule is COc1ccc(CN(Cc2ccc(OC)cc2OC)S(=O)(=O)c2cccc(N(C)C(=O)c3cc4ccccc4nc3N3CCCC(F)(F)CC3)c2)c(OC)c1. The van der Waals surface area contributed by atoms with Crippen LogP contribution < -0.4 is 28.7 Å². The number of anilines is 2. The second-order valence-electron chi connectivity index (χ2n) is 13.2. The molecule has 11 nitrogen and oxygen atoms in total. The number of carbonyl (C=O) groups excluding carboxylic acids is 1. The smallest absolute Gasteiger partial charge is 0.261 e. The maximum absolute atomic E-state index is 14.7. The van der Waals surface area contributed by atoms with Gasteiger partial charge in [0.05, 0.1) is 44.4 Å². The number of ether oxygens (including phenoxy) is 4. The van der Waals surface area contributed by atoms with E-state index in [0.29, 0.717) is 63.1 Å². The van der Waals surface area contributed by atoms with Crippen LogP contribution in [0.2, 0.25) is 0 Å². The molecule has 1 saturated heterocycles. The minimum atomic E-state index is -4.26. The highest BCUT2D eigenvalue weighted by molar-refractivity contribution is 7.89. The molecule has 1 fully saturated rings. The quantitative estimate of drug-likeness (QED) is 0.120. The second kappa shape index (κ2) is 16.5. The lowest BCUT2D eigenvalue weighted by Crippen LogP contribution is -2.33. The van der Waals surface area contributed by atoms with Crippen molar-refractivity contribution in [1.29, 1.82) is 0 Å². The van der Waals surface area contributed by atoms with Crippen LogP contribution in [0.3, 0.4) is 0 Å². The number of benzene rings is 4. The molecule has 5 aromatic rings. The van der Waals surface area contributed by atoms with Gasteiger partial charge in [0.2, 0.25) is 15.9 Å². The number of methoxy groups -OCH3 is 4. The summed E-state index contributed by atoms with van der Waals surface area (Å²) in [6.45, 7) is 0.186. The number of halogens is 2. The number of sulfonamides is 1. The van der Waals surface area contributed by atoms with Crippen molar-refractivity contribution in [3.05, 3.63) is 108 Å². The predicted molar refractivity (Wildman–Crippen MR) is 207 cm³/mol. The number of alkyl halides is 2. The number of rotatable bonds is 13. The molecule has 14 heteroatoms. The van der Waals surface area contributed by atoms with Crippen LogP contribution in [0, 0.1) is 0 Å². The molecule has 0 spiro atoms. The summed E-state index contributed by atoms with van der Waals surface area (Å²) in [6, 6.07) is 25.5. The van der Waals surface area contributed by atoms with Gasteiger partial charge in [-0.15, -0.1) is 0 Å². The Labute approximate surface area is 320 Å². The Balaban J connectivity index is 1.38. The number of hydrogen-bond acceptors (Lipinski definition) is 9. The van der Waals surface area contributed by atoms with Gasteiger partial charge in [0.1, 0.15) is 28.8 Å². The molecule has 55 heavy (non-hydrogen) atoms. The molecular formula is C41H44F2N4O7S. The standard InChI is InChI=1S/C41H44F2N4O7S/c1-45(40(48)35-22-28-10-6-7-13-36(28)44-39(35)46-20-9-18-41(42,43)19-21-46)31-11-8-12-34(23-31)55(49,50)47(26-29-14-16-32(51-2)24-37(29)53-4)27-30-15-17-33(52-3)25-38(30)54-5/h6-8,10-17,22-25H,9,18-21,26-27H2,1-5H3. The summed E-state index contributed by atoms with van der Waals surface area (Å²) in [4.78, 5) is 22.2. The Morgan fingerprint density at radius 3 is 2.04 bits per heavy atom. The van der Waals surface area contributed by atoms with E-state index >= 15 is 0 Å². The van der Waals surface area contributed by atoms with Crippen LogP contribution >= 0.6 is 0 Å². The first-order valence-corrected chi connectivity index (χ1v) is 19.1. The van der Waals surface area contributed by atoms with Crippen LogP contribution in [-0.2, 0) is 23.1 Å². The molecule has 0 N–H and O–H groups in total. The van der Waals surface area contributed by atoms with Gasteiger partial charge in [0, 0.05) is 80.4 Å². The lowest BCUT2D eigenvalue weighted by Gasteiger charge is -2.27. The van der Waals surface area contributed by atoms with Crippen molar-refractivity contribution in [3.63, 3.8) is 0 Å². The number of nitrogens with zero attached hydrogens (tertiary/aromatic N) is 4. The molecular weight excluding hydrogens is 731 g/mol. The highest BCUT2D eigenvalue weighted by atomic mass is 32.2. The summed E-state index contributed by atoms with van der Waals surface area (Å²) in [5.41, 5.74) is 2.33. The van der Waals surface area contributed by atoms with E-state index < -0.39 is 21.9 Å². The minimum Gasteiger partial charge on any atom is -0.497 e. The molecule has 1 aromatic heterocycles. The van der Waals surface area contributed by atoms with Crippen LogP contribution in [0.1, 0.15) is 40.7 Å². The van der Waals surface area contributed by atoms with Crippen LogP contribution in [0.4, 0.5) is 20.3 Å². The number of pyridine rings is 1. The topological polar surface area (TPSA) is 111 Å². The Bertz CT molecular complexity index is 2230. The zero-order chi connectivity index (χ0) is 39.3. The van der Waals surface area contributed by atoms with Gasteiger partial charge in [-0.05, 0) is 48.9 Å². The van der Waals surface area contributed by atoms with Gasteiger partial charge in [-0.1, -0.05) is 36.4 Å². The summed E-state index contributed by atoms with van der Waals surface area (Å²) in [5.74, 6) is -0.992. The first kappa shape index (κ1) is 39.2. The molecule has 0 unspecified atom stereocenters. The molecule has 0 radical (unpaired) electrons. The van der Waals surface area contributed by atoms with Crippen LogP contribution in [0.5, 0.6) is 23.0 Å². The maximum atomic E-state index is 14.7. The normalized spacial score (nSPS) is 14.4. The Hall–Kier alpha value is -5.47. The summed E-state index contributed by atoms with van der Waals surface area (Å²) < 4.78 is 81.4. The summed E-state index contributed by atoms with van der Waals surface area (Å²) in [6.07, 6.45) is -0.354. The highest BCUT2D eigenvalue weighted by Gasteiger charge is 2.34. The van der Waals surface area contributed by atoms with E-state index in [2.05, 4.69) is 0 Å². The average Bonchev–Trinajstić information content (AvgIpc) is 3.39. The third-order valence-electron chi connectivity index (χ3n) is 9.78. The summed E-state index contributed by atoms with van der Waals surface area (Å²) in [7, 11) is 3.34. The number of fused-ring (bicyclic) bond motifs is 1. The highest BCUT2D eigenvalue weighted by Crippen LogP contribution is 2.35. The first-order chi connectivity index (χ1) is 26.4. The Kier molecular flexibility index (Phi) is 11.8. The van der Waals surface area contributed by atoms with E-state index in [1.165, 1.54) is 49.8 Å². The van der Waals surface area contributed by atoms with E-state index in [4.69, 9.17) is 23.9 Å². The molecule has 2 heterocycles.